The molecule has 0 atom stereocenters. The lowest BCUT2D eigenvalue weighted by Gasteiger charge is -2.09. The summed E-state index contributed by atoms with van der Waals surface area (Å²) in [6, 6.07) is 15.2. The van der Waals surface area contributed by atoms with Crippen molar-refractivity contribution >= 4 is 17.2 Å². The van der Waals surface area contributed by atoms with Gasteiger partial charge in [-0.3, -0.25) is 4.79 Å². The Balaban J connectivity index is 1.51. The van der Waals surface area contributed by atoms with Crippen molar-refractivity contribution in [3.05, 3.63) is 72.2 Å². The summed E-state index contributed by atoms with van der Waals surface area (Å²) in [6.07, 6.45) is 1.84. The Morgan fingerprint density at radius 3 is 2.68 bits per heavy atom. The highest BCUT2D eigenvalue weighted by molar-refractivity contribution is 5.93. The number of halogens is 1. The highest BCUT2D eigenvalue weighted by Gasteiger charge is 2.12. The van der Waals surface area contributed by atoms with Gasteiger partial charge in [0.2, 0.25) is 11.8 Å². The van der Waals surface area contributed by atoms with Crippen LogP contribution in [0.3, 0.4) is 0 Å². The summed E-state index contributed by atoms with van der Waals surface area (Å²) in [6.45, 7) is 2.48. The average Bonchev–Trinajstić information content (AvgIpc) is 3.20. The molecule has 0 aliphatic carbocycles. The summed E-state index contributed by atoms with van der Waals surface area (Å²) in [4.78, 5) is 16.9. The van der Waals surface area contributed by atoms with Gasteiger partial charge in [-0.2, -0.15) is 0 Å². The van der Waals surface area contributed by atoms with Gasteiger partial charge in [0.15, 0.2) is 5.65 Å². The van der Waals surface area contributed by atoms with Crippen LogP contribution in [0.5, 0.6) is 11.6 Å². The molecule has 0 unspecified atom stereocenters. The largest absolute Gasteiger partial charge is 0.494 e. The number of benzene rings is 2. The lowest BCUT2D eigenvalue weighted by Crippen LogP contribution is -2.15. The molecule has 158 valence electrons. The summed E-state index contributed by atoms with van der Waals surface area (Å²) in [7, 11) is 1.54. The standard InChI is InChI=1S/C23H21FN4O3/c1-3-31-17-7-4-15(5-8-17)12-22(29)26-19-13-16(6-9-18(19)24)20-14-28-21(25-20)10-11-23(27-28)30-2/h4-11,13-14H,3,12H2,1-2H3,(H,26,29). The molecular formula is C23H21FN4O3. The van der Waals surface area contributed by atoms with Crippen molar-refractivity contribution < 1.29 is 18.7 Å². The second-order valence-electron chi connectivity index (χ2n) is 6.80. The summed E-state index contributed by atoms with van der Waals surface area (Å²) in [5, 5.41) is 6.92. The number of aromatic nitrogens is 3. The number of carbonyl (C=O) groups excluding carboxylic acids is 1. The van der Waals surface area contributed by atoms with Crippen LogP contribution < -0.4 is 14.8 Å². The van der Waals surface area contributed by atoms with Gasteiger partial charge in [-0.15, -0.1) is 5.10 Å². The van der Waals surface area contributed by atoms with Crippen LogP contribution in [-0.4, -0.2) is 34.2 Å². The molecule has 0 spiro atoms. The third-order valence-electron chi connectivity index (χ3n) is 4.64. The minimum atomic E-state index is -0.521. The Morgan fingerprint density at radius 2 is 1.94 bits per heavy atom. The molecule has 0 saturated carbocycles. The quantitative estimate of drug-likeness (QED) is 0.487. The molecule has 4 aromatic rings. The maximum atomic E-state index is 14.3. The number of methoxy groups -OCH3 is 1. The molecule has 1 N–H and O–H groups in total. The van der Waals surface area contributed by atoms with Gasteiger partial charge in [0, 0.05) is 11.6 Å². The SMILES string of the molecule is CCOc1ccc(CC(=O)Nc2cc(-c3cn4nc(OC)ccc4n3)ccc2F)cc1. The molecule has 0 bridgehead atoms. The van der Waals surface area contributed by atoms with E-state index in [0.717, 1.165) is 11.3 Å². The fourth-order valence-electron chi connectivity index (χ4n) is 3.14. The minimum Gasteiger partial charge on any atom is -0.494 e. The van der Waals surface area contributed by atoms with E-state index < -0.39 is 5.82 Å². The number of carbonyl (C=O) groups is 1. The van der Waals surface area contributed by atoms with Crippen LogP contribution in [0.4, 0.5) is 10.1 Å². The number of nitrogens with one attached hydrogen (secondary N) is 1. The molecule has 0 radical (unpaired) electrons. The first-order valence-electron chi connectivity index (χ1n) is 9.77. The number of nitrogens with zero attached hydrogens (tertiary/aromatic N) is 3. The topological polar surface area (TPSA) is 77.8 Å². The Bertz CT molecular complexity index is 1220. The van der Waals surface area contributed by atoms with Crippen molar-refractivity contribution in [2.75, 3.05) is 19.0 Å². The summed E-state index contributed by atoms with van der Waals surface area (Å²) in [5.74, 6) is 0.358. The number of anilines is 1. The molecule has 8 heteroatoms. The van der Waals surface area contributed by atoms with Crippen molar-refractivity contribution in [3.8, 4) is 22.9 Å². The Hall–Kier alpha value is -3.94. The molecular weight excluding hydrogens is 399 g/mol. The smallest absolute Gasteiger partial charge is 0.231 e. The average molecular weight is 420 g/mol. The molecule has 1 amide bonds. The van der Waals surface area contributed by atoms with Crippen LogP contribution in [0.15, 0.2) is 60.8 Å². The fourth-order valence-corrected chi connectivity index (χ4v) is 3.14. The van der Waals surface area contributed by atoms with Gasteiger partial charge in [0.25, 0.3) is 0 Å². The van der Waals surface area contributed by atoms with E-state index in [2.05, 4.69) is 15.4 Å². The zero-order valence-electron chi connectivity index (χ0n) is 17.1. The first-order valence-corrected chi connectivity index (χ1v) is 9.77. The molecule has 0 aliphatic heterocycles. The maximum absolute atomic E-state index is 14.3. The van der Waals surface area contributed by atoms with Crippen molar-refractivity contribution in [1.82, 2.24) is 14.6 Å². The summed E-state index contributed by atoms with van der Waals surface area (Å²) >= 11 is 0. The summed E-state index contributed by atoms with van der Waals surface area (Å²) < 4.78 is 26.4. The molecule has 2 aromatic heterocycles. The predicted molar refractivity (Wildman–Crippen MR) is 115 cm³/mol. The van der Waals surface area contributed by atoms with Gasteiger partial charge < -0.3 is 14.8 Å². The normalized spacial score (nSPS) is 10.8. The maximum Gasteiger partial charge on any atom is 0.231 e. The van der Waals surface area contributed by atoms with Crippen LogP contribution in [0.2, 0.25) is 0 Å². The molecule has 4 rings (SSSR count). The lowest BCUT2D eigenvalue weighted by atomic mass is 10.1. The zero-order chi connectivity index (χ0) is 21.8. The molecule has 7 nitrogen and oxygen atoms in total. The van der Waals surface area contributed by atoms with E-state index in [1.165, 1.54) is 13.2 Å². The highest BCUT2D eigenvalue weighted by Crippen LogP contribution is 2.25. The van der Waals surface area contributed by atoms with E-state index in [0.29, 0.717) is 29.4 Å². The molecule has 0 aliphatic rings. The monoisotopic (exact) mass is 420 g/mol. The second-order valence-corrected chi connectivity index (χ2v) is 6.80. The molecule has 2 aromatic carbocycles. The predicted octanol–water partition coefficient (Wildman–Crippen LogP) is 4.12. The number of rotatable bonds is 7. The van der Waals surface area contributed by atoms with Crippen LogP contribution >= 0.6 is 0 Å². The first-order chi connectivity index (χ1) is 15.1. The van der Waals surface area contributed by atoms with Crippen LogP contribution in [0.1, 0.15) is 12.5 Å². The van der Waals surface area contributed by atoms with E-state index in [4.69, 9.17) is 9.47 Å². The second kappa shape index (κ2) is 8.83. The number of ether oxygens (including phenoxy) is 2. The zero-order valence-corrected chi connectivity index (χ0v) is 17.1. The van der Waals surface area contributed by atoms with E-state index in [1.807, 2.05) is 19.1 Å². The van der Waals surface area contributed by atoms with Gasteiger partial charge in [-0.05, 0) is 48.9 Å². The van der Waals surface area contributed by atoms with Crippen LogP contribution in [0.25, 0.3) is 16.9 Å². The molecule has 31 heavy (non-hydrogen) atoms. The Morgan fingerprint density at radius 1 is 1.13 bits per heavy atom. The number of fused-ring (bicyclic) bond motifs is 1. The van der Waals surface area contributed by atoms with E-state index >= 15 is 0 Å². The van der Waals surface area contributed by atoms with Crippen molar-refractivity contribution in [1.29, 1.82) is 0 Å². The van der Waals surface area contributed by atoms with E-state index in [1.54, 1.807) is 47.1 Å². The van der Waals surface area contributed by atoms with Crippen molar-refractivity contribution in [2.45, 2.75) is 13.3 Å². The van der Waals surface area contributed by atoms with E-state index in [9.17, 15) is 9.18 Å². The van der Waals surface area contributed by atoms with E-state index in [-0.39, 0.29) is 18.0 Å². The van der Waals surface area contributed by atoms with Gasteiger partial charge in [-0.1, -0.05) is 12.1 Å². The number of amides is 1. The van der Waals surface area contributed by atoms with Crippen LogP contribution in [-0.2, 0) is 11.2 Å². The molecule has 0 fully saturated rings. The lowest BCUT2D eigenvalue weighted by molar-refractivity contribution is -0.115. The van der Waals surface area contributed by atoms with Gasteiger partial charge in [-0.25, -0.2) is 13.9 Å². The van der Waals surface area contributed by atoms with Crippen molar-refractivity contribution in [2.24, 2.45) is 0 Å². The number of imidazole rings is 1. The van der Waals surface area contributed by atoms with Gasteiger partial charge >= 0.3 is 0 Å². The number of hydrogen-bond acceptors (Lipinski definition) is 5. The Kier molecular flexibility index (Phi) is 5.79. The highest BCUT2D eigenvalue weighted by atomic mass is 19.1. The van der Waals surface area contributed by atoms with Crippen molar-refractivity contribution in [3.63, 3.8) is 0 Å². The van der Waals surface area contributed by atoms with Gasteiger partial charge in [0.1, 0.15) is 11.6 Å². The third kappa shape index (κ3) is 4.63. The molecule has 0 saturated heterocycles. The number of hydrogen-bond donors (Lipinski definition) is 1. The van der Waals surface area contributed by atoms with Gasteiger partial charge in [0.05, 0.1) is 37.7 Å². The fraction of sp³-hybridized carbons (Fsp3) is 0.174. The summed E-state index contributed by atoms with van der Waals surface area (Å²) in [5.41, 5.74) is 2.78. The first kappa shape index (κ1) is 20.3. The minimum absolute atomic E-state index is 0.0935. The Labute approximate surface area is 178 Å². The molecule has 2 heterocycles. The van der Waals surface area contributed by atoms with Crippen LogP contribution in [0, 0.1) is 5.82 Å². The third-order valence-corrected chi connectivity index (χ3v) is 4.64.